The van der Waals surface area contributed by atoms with Gasteiger partial charge in [0.15, 0.2) is 5.82 Å². The Hall–Kier alpha value is -1.01. The fourth-order valence-corrected chi connectivity index (χ4v) is 2.01. The zero-order valence-corrected chi connectivity index (χ0v) is 10.9. The number of nitrogens with two attached hydrogens (primary N) is 1. The Bertz CT molecular complexity index is 368. The monoisotopic (exact) mass is 238 g/mol. The van der Waals surface area contributed by atoms with E-state index in [1.54, 1.807) is 0 Å². The predicted molar refractivity (Wildman–Crippen MR) is 65.3 cm³/mol. The molecule has 1 aromatic rings. The fraction of sp³-hybridized carbons (Fsp3) is 0.909. The number of hydrogen-bond donors (Lipinski definition) is 1. The van der Waals surface area contributed by atoms with Gasteiger partial charge >= 0.3 is 0 Å². The summed E-state index contributed by atoms with van der Waals surface area (Å²) in [6, 6.07) is 0.538. The summed E-state index contributed by atoms with van der Waals surface area (Å²) in [4.78, 5) is 2.23. The number of rotatable bonds is 6. The van der Waals surface area contributed by atoms with Gasteiger partial charge in [-0.15, -0.1) is 5.10 Å². The highest BCUT2D eigenvalue weighted by molar-refractivity contribution is 4.90. The van der Waals surface area contributed by atoms with Gasteiger partial charge in [-0.05, 0) is 42.3 Å². The first-order valence-corrected chi connectivity index (χ1v) is 6.17. The Morgan fingerprint density at radius 1 is 1.47 bits per heavy atom. The Kier molecular flexibility index (Phi) is 3.44. The van der Waals surface area contributed by atoms with E-state index < -0.39 is 0 Å². The van der Waals surface area contributed by atoms with Crippen LogP contribution in [0, 0.1) is 5.41 Å². The van der Waals surface area contributed by atoms with Gasteiger partial charge in [0, 0.05) is 6.54 Å². The van der Waals surface area contributed by atoms with Gasteiger partial charge < -0.3 is 5.73 Å². The van der Waals surface area contributed by atoms with Gasteiger partial charge in [0.1, 0.15) is 0 Å². The van der Waals surface area contributed by atoms with Crippen molar-refractivity contribution >= 4 is 0 Å². The summed E-state index contributed by atoms with van der Waals surface area (Å²) < 4.78 is 1.96. The van der Waals surface area contributed by atoms with Crippen molar-refractivity contribution in [1.29, 1.82) is 0 Å². The lowest BCUT2D eigenvalue weighted by Crippen LogP contribution is -2.36. The Labute approximate surface area is 102 Å². The molecule has 0 amide bonds. The van der Waals surface area contributed by atoms with Crippen LogP contribution in [0.25, 0.3) is 0 Å². The van der Waals surface area contributed by atoms with Gasteiger partial charge in [0.25, 0.3) is 0 Å². The lowest BCUT2D eigenvalue weighted by Gasteiger charge is -2.28. The van der Waals surface area contributed by atoms with Crippen LogP contribution in [0.1, 0.15) is 38.6 Å². The van der Waals surface area contributed by atoms with Crippen LogP contribution in [0.2, 0.25) is 0 Å². The predicted octanol–water partition coefficient (Wildman–Crippen LogP) is 0.425. The van der Waals surface area contributed by atoms with Crippen LogP contribution in [-0.4, -0.2) is 45.2 Å². The normalized spacial score (nSPS) is 16.8. The molecule has 0 atom stereocenters. The van der Waals surface area contributed by atoms with Gasteiger partial charge in [0.2, 0.25) is 0 Å². The Balaban J connectivity index is 1.93. The third-order valence-electron chi connectivity index (χ3n) is 3.12. The van der Waals surface area contributed by atoms with Crippen LogP contribution in [0.3, 0.4) is 0 Å². The van der Waals surface area contributed by atoms with E-state index in [-0.39, 0.29) is 5.41 Å². The van der Waals surface area contributed by atoms with E-state index in [1.807, 2.05) is 4.68 Å². The molecule has 1 aromatic heterocycles. The molecule has 2 N–H and O–H groups in total. The second kappa shape index (κ2) is 4.70. The minimum Gasteiger partial charge on any atom is -0.330 e. The van der Waals surface area contributed by atoms with Crippen LogP contribution in [0.15, 0.2) is 0 Å². The standard InChI is InChI=1S/C11H22N6/c1-11(2,7-12)8-16(3)6-10-13-14-15-17(10)9-4-5-9/h9H,4-8,12H2,1-3H3. The van der Waals surface area contributed by atoms with Crippen LogP contribution in [0.5, 0.6) is 0 Å². The highest BCUT2D eigenvalue weighted by Crippen LogP contribution is 2.34. The summed E-state index contributed by atoms with van der Waals surface area (Å²) in [5.41, 5.74) is 5.88. The lowest BCUT2D eigenvalue weighted by atomic mass is 9.93. The van der Waals surface area contributed by atoms with Crippen molar-refractivity contribution < 1.29 is 0 Å². The molecule has 1 aliphatic rings. The molecule has 17 heavy (non-hydrogen) atoms. The molecule has 1 heterocycles. The highest BCUT2D eigenvalue weighted by Gasteiger charge is 2.28. The van der Waals surface area contributed by atoms with Crippen molar-refractivity contribution in [2.24, 2.45) is 11.1 Å². The zero-order chi connectivity index (χ0) is 12.5. The second-order valence-electron chi connectivity index (χ2n) is 5.81. The van der Waals surface area contributed by atoms with Crippen LogP contribution < -0.4 is 5.73 Å². The average molecular weight is 238 g/mol. The van der Waals surface area contributed by atoms with Crippen LogP contribution in [-0.2, 0) is 6.54 Å². The number of nitrogens with zero attached hydrogens (tertiary/aromatic N) is 5. The summed E-state index contributed by atoms with van der Waals surface area (Å²) in [5, 5.41) is 11.9. The number of tetrazole rings is 1. The quantitative estimate of drug-likeness (QED) is 0.778. The van der Waals surface area contributed by atoms with Crippen molar-refractivity contribution in [2.75, 3.05) is 20.1 Å². The van der Waals surface area contributed by atoms with E-state index in [2.05, 4.69) is 41.3 Å². The van der Waals surface area contributed by atoms with Crippen molar-refractivity contribution in [1.82, 2.24) is 25.1 Å². The highest BCUT2D eigenvalue weighted by atomic mass is 15.6. The molecule has 0 radical (unpaired) electrons. The van der Waals surface area contributed by atoms with E-state index in [9.17, 15) is 0 Å². The minimum absolute atomic E-state index is 0.132. The molecule has 6 nitrogen and oxygen atoms in total. The molecule has 0 aromatic carbocycles. The van der Waals surface area contributed by atoms with Crippen LogP contribution in [0.4, 0.5) is 0 Å². The first-order chi connectivity index (χ1) is 8.02. The second-order valence-corrected chi connectivity index (χ2v) is 5.81. The molecule has 0 unspecified atom stereocenters. The summed E-state index contributed by atoms with van der Waals surface area (Å²) in [7, 11) is 2.09. The topological polar surface area (TPSA) is 72.9 Å². The van der Waals surface area contributed by atoms with Gasteiger partial charge in [-0.1, -0.05) is 13.8 Å². The smallest absolute Gasteiger partial charge is 0.165 e. The lowest BCUT2D eigenvalue weighted by molar-refractivity contribution is 0.203. The molecule has 6 heteroatoms. The van der Waals surface area contributed by atoms with E-state index in [1.165, 1.54) is 12.8 Å². The van der Waals surface area contributed by atoms with E-state index in [0.29, 0.717) is 12.6 Å². The van der Waals surface area contributed by atoms with Gasteiger partial charge in [0.05, 0.1) is 12.6 Å². The molecule has 96 valence electrons. The third-order valence-corrected chi connectivity index (χ3v) is 3.12. The molecular weight excluding hydrogens is 216 g/mol. The van der Waals surface area contributed by atoms with E-state index >= 15 is 0 Å². The maximum atomic E-state index is 5.74. The molecule has 1 saturated carbocycles. The van der Waals surface area contributed by atoms with Gasteiger partial charge in [-0.3, -0.25) is 4.90 Å². The maximum absolute atomic E-state index is 5.74. The summed E-state index contributed by atoms with van der Waals surface area (Å²) in [6.45, 7) is 6.76. The maximum Gasteiger partial charge on any atom is 0.165 e. The van der Waals surface area contributed by atoms with Gasteiger partial charge in [-0.2, -0.15) is 0 Å². The molecular formula is C11H22N6. The summed E-state index contributed by atoms with van der Waals surface area (Å²) in [5.74, 6) is 0.961. The largest absolute Gasteiger partial charge is 0.330 e. The SMILES string of the molecule is CN(Cc1nnnn1C1CC1)CC(C)(C)CN. The third kappa shape index (κ3) is 3.23. The molecule has 0 saturated heterocycles. The summed E-state index contributed by atoms with van der Waals surface area (Å²) in [6.07, 6.45) is 2.41. The molecule has 1 aliphatic carbocycles. The van der Waals surface area contributed by atoms with E-state index in [4.69, 9.17) is 5.73 Å². The first kappa shape index (κ1) is 12.4. The fourth-order valence-electron chi connectivity index (χ4n) is 2.01. The Morgan fingerprint density at radius 2 is 2.18 bits per heavy atom. The molecule has 0 spiro atoms. The van der Waals surface area contributed by atoms with Crippen molar-refractivity contribution in [3.63, 3.8) is 0 Å². The first-order valence-electron chi connectivity index (χ1n) is 6.17. The minimum atomic E-state index is 0.132. The molecule has 0 bridgehead atoms. The molecule has 2 rings (SSSR count). The number of hydrogen-bond acceptors (Lipinski definition) is 5. The van der Waals surface area contributed by atoms with Crippen molar-refractivity contribution in [2.45, 2.75) is 39.3 Å². The van der Waals surface area contributed by atoms with Crippen molar-refractivity contribution in [3.8, 4) is 0 Å². The number of aromatic nitrogens is 4. The summed E-state index contributed by atoms with van der Waals surface area (Å²) >= 11 is 0. The van der Waals surface area contributed by atoms with E-state index in [0.717, 1.165) is 18.9 Å². The zero-order valence-electron chi connectivity index (χ0n) is 10.9. The molecule has 0 aliphatic heterocycles. The van der Waals surface area contributed by atoms with Gasteiger partial charge in [-0.25, -0.2) is 4.68 Å². The van der Waals surface area contributed by atoms with Crippen LogP contribution >= 0.6 is 0 Å². The average Bonchev–Trinajstić information content (AvgIpc) is 3.00. The Morgan fingerprint density at radius 3 is 2.76 bits per heavy atom. The molecule has 1 fully saturated rings. The van der Waals surface area contributed by atoms with Crippen molar-refractivity contribution in [3.05, 3.63) is 5.82 Å².